The molecule has 0 aliphatic heterocycles. The maximum absolute atomic E-state index is 12.6. The average molecular weight is 412 g/mol. The SMILES string of the molecule is CCOc1ccc(NC(=O)[C@@H](C)Sc2nnc(-c3ccc(N)cc3)n2CC)cc1. The molecule has 0 radical (unpaired) electrons. The normalized spacial score (nSPS) is 11.8. The highest BCUT2D eigenvalue weighted by atomic mass is 32.2. The van der Waals surface area contributed by atoms with E-state index in [4.69, 9.17) is 10.5 Å². The summed E-state index contributed by atoms with van der Waals surface area (Å²) < 4.78 is 7.42. The highest BCUT2D eigenvalue weighted by Crippen LogP contribution is 2.28. The second kappa shape index (κ2) is 9.47. The van der Waals surface area contributed by atoms with Gasteiger partial charge in [-0.2, -0.15) is 0 Å². The molecule has 0 saturated heterocycles. The number of rotatable bonds is 8. The number of ether oxygens (including phenoxy) is 1. The van der Waals surface area contributed by atoms with E-state index in [-0.39, 0.29) is 11.2 Å². The van der Waals surface area contributed by atoms with E-state index in [0.717, 1.165) is 22.8 Å². The molecular weight excluding hydrogens is 386 g/mol. The van der Waals surface area contributed by atoms with Crippen molar-refractivity contribution in [3.8, 4) is 17.1 Å². The van der Waals surface area contributed by atoms with Crippen LogP contribution in [0.1, 0.15) is 20.8 Å². The van der Waals surface area contributed by atoms with E-state index in [9.17, 15) is 4.79 Å². The largest absolute Gasteiger partial charge is 0.494 e. The summed E-state index contributed by atoms with van der Waals surface area (Å²) in [6, 6.07) is 14.8. The maximum Gasteiger partial charge on any atom is 0.237 e. The van der Waals surface area contributed by atoms with Gasteiger partial charge in [-0.05, 0) is 69.3 Å². The number of carbonyl (C=O) groups excluding carboxylic acids is 1. The van der Waals surface area contributed by atoms with E-state index in [1.54, 1.807) is 0 Å². The van der Waals surface area contributed by atoms with Crippen LogP contribution in [0.3, 0.4) is 0 Å². The van der Waals surface area contributed by atoms with Gasteiger partial charge < -0.3 is 20.4 Å². The van der Waals surface area contributed by atoms with Gasteiger partial charge in [-0.1, -0.05) is 11.8 Å². The molecule has 1 heterocycles. The molecule has 0 saturated carbocycles. The molecule has 3 N–H and O–H groups in total. The van der Waals surface area contributed by atoms with Gasteiger partial charge in [-0.25, -0.2) is 0 Å². The third kappa shape index (κ3) is 5.08. The van der Waals surface area contributed by atoms with Crippen molar-refractivity contribution in [3.05, 3.63) is 48.5 Å². The number of thioether (sulfide) groups is 1. The second-order valence-electron chi connectivity index (χ2n) is 6.38. The van der Waals surface area contributed by atoms with Gasteiger partial charge in [0.25, 0.3) is 0 Å². The average Bonchev–Trinajstić information content (AvgIpc) is 3.12. The molecule has 8 heteroatoms. The van der Waals surface area contributed by atoms with Crippen LogP contribution >= 0.6 is 11.8 Å². The van der Waals surface area contributed by atoms with Crippen LogP contribution in [0.4, 0.5) is 11.4 Å². The maximum atomic E-state index is 12.6. The zero-order chi connectivity index (χ0) is 20.8. The molecule has 1 aromatic heterocycles. The molecule has 29 heavy (non-hydrogen) atoms. The minimum atomic E-state index is -0.338. The van der Waals surface area contributed by atoms with Crippen molar-refractivity contribution < 1.29 is 9.53 Å². The van der Waals surface area contributed by atoms with Crippen molar-refractivity contribution in [2.24, 2.45) is 0 Å². The molecule has 0 bridgehead atoms. The first-order valence-corrected chi connectivity index (χ1v) is 10.4. The van der Waals surface area contributed by atoms with Crippen LogP contribution < -0.4 is 15.8 Å². The molecule has 152 valence electrons. The topological polar surface area (TPSA) is 95.1 Å². The molecular formula is C21H25N5O2S. The van der Waals surface area contributed by atoms with Crippen LogP contribution in [0.15, 0.2) is 53.7 Å². The van der Waals surface area contributed by atoms with E-state index in [1.807, 2.05) is 73.9 Å². The zero-order valence-corrected chi connectivity index (χ0v) is 17.6. The fourth-order valence-corrected chi connectivity index (χ4v) is 3.68. The number of aromatic nitrogens is 3. The van der Waals surface area contributed by atoms with E-state index in [2.05, 4.69) is 15.5 Å². The number of nitrogens with one attached hydrogen (secondary N) is 1. The Kier molecular flexibility index (Phi) is 6.77. The van der Waals surface area contributed by atoms with Crippen molar-refractivity contribution in [2.45, 2.75) is 37.7 Å². The number of nitrogen functional groups attached to an aromatic ring is 1. The molecule has 0 aliphatic rings. The lowest BCUT2D eigenvalue weighted by molar-refractivity contribution is -0.115. The van der Waals surface area contributed by atoms with Gasteiger partial charge in [0, 0.05) is 23.5 Å². The summed E-state index contributed by atoms with van der Waals surface area (Å²) in [5.41, 5.74) is 8.13. The summed E-state index contributed by atoms with van der Waals surface area (Å²) in [6.45, 7) is 7.12. The van der Waals surface area contributed by atoms with Crippen LogP contribution in [0.2, 0.25) is 0 Å². The Labute approximate surface area is 174 Å². The highest BCUT2D eigenvalue weighted by molar-refractivity contribution is 8.00. The molecule has 1 atom stereocenters. The van der Waals surface area contributed by atoms with E-state index in [0.29, 0.717) is 24.0 Å². The van der Waals surface area contributed by atoms with Gasteiger partial charge >= 0.3 is 0 Å². The Morgan fingerprint density at radius 2 is 1.83 bits per heavy atom. The van der Waals surface area contributed by atoms with E-state index in [1.165, 1.54) is 11.8 Å². The number of hydrogen-bond donors (Lipinski definition) is 2. The Morgan fingerprint density at radius 1 is 1.14 bits per heavy atom. The summed E-state index contributed by atoms with van der Waals surface area (Å²) in [5, 5.41) is 11.9. The summed E-state index contributed by atoms with van der Waals surface area (Å²) in [5.74, 6) is 1.44. The molecule has 0 fully saturated rings. The first-order chi connectivity index (χ1) is 14.0. The van der Waals surface area contributed by atoms with Crippen molar-refractivity contribution in [2.75, 3.05) is 17.7 Å². The monoisotopic (exact) mass is 411 g/mol. The second-order valence-corrected chi connectivity index (χ2v) is 7.69. The summed E-state index contributed by atoms with van der Waals surface area (Å²) in [7, 11) is 0. The van der Waals surface area contributed by atoms with Crippen LogP contribution in [0.5, 0.6) is 5.75 Å². The molecule has 1 amide bonds. The quantitative estimate of drug-likeness (QED) is 0.429. The number of benzene rings is 2. The summed E-state index contributed by atoms with van der Waals surface area (Å²) in [4.78, 5) is 12.6. The number of hydrogen-bond acceptors (Lipinski definition) is 6. The lowest BCUT2D eigenvalue weighted by Gasteiger charge is -2.13. The predicted molar refractivity (Wildman–Crippen MR) is 117 cm³/mol. The number of nitrogens with zero attached hydrogens (tertiary/aromatic N) is 3. The van der Waals surface area contributed by atoms with Gasteiger partial charge in [-0.3, -0.25) is 4.79 Å². The number of amides is 1. The van der Waals surface area contributed by atoms with Crippen molar-refractivity contribution in [1.82, 2.24) is 14.8 Å². The fourth-order valence-electron chi connectivity index (χ4n) is 2.76. The Bertz CT molecular complexity index is 954. The summed E-state index contributed by atoms with van der Waals surface area (Å²) >= 11 is 1.38. The standard InChI is InChI=1S/C21H25N5O2S/c1-4-26-19(15-6-8-16(22)9-7-15)24-25-21(26)29-14(3)20(27)23-17-10-12-18(13-11-17)28-5-2/h6-14H,4-5,22H2,1-3H3,(H,23,27)/t14-/m1/s1. The molecule has 0 spiro atoms. The van der Waals surface area contributed by atoms with Gasteiger partial charge in [0.1, 0.15) is 5.75 Å². The van der Waals surface area contributed by atoms with Crippen molar-refractivity contribution >= 4 is 29.0 Å². The van der Waals surface area contributed by atoms with Crippen molar-refractivity contribution in [1.29, 1.82) is 0 Å². The van der Waals surface area contributed by atoms with Gasteiger partial charge in [0.15, 0.2) is 11.0 Å². The van der Waals surface area contributed by atoms with E-state index >= 15 is 0 Å². The first kappa shape index (κ1) is 20.7. The minimum Gasteiger partial charge on any atom is -0.494 e. The molecule has 0 unspecified atom stereocenters. The molecule has 7 nitrogen and oxygen atoms in total. The first-order valence-electron chi connectivity index (χ1n) is 9.51. The van der Waals surface area contributed by atoms with Gasteiger partial charge in [-0.15, -0.1) is 10.2 Å². The molecule has 2 aromatic carbocycles. The predicted octanol–water partition coefficient (Wildman–Crippen LogP) is 4.07. The minimum absolute atomic E-state index is 0.0983. The Balaban J connectivity index is 1.68. The lowest BCUT2D eigenvalue weighted by Crippen LogP contribution is -2.22. The van der Waals surface area contributed by atoms with Crippen LogP contribution in [-0.4, -0.2) is 32.5 Å². The smallest absolute Gasteiger partial charge is 0.237 e. The Hall–Kier alpha value is -3.00. The third-order valence-corrected chi connectivity index (χ3v) is 5.37. The molecule has 0 aliphatic carbocycles. The zero-order valence-electron chi connectivity index (χ0n) is 16.8. The summed E-state index contributed by atoms with van der Waals surface area (Å²) in [6.07, 6.45) is 0. The highest BCUT2D eigenvalue weighted by Gasteiger charge is 2.20. The number of nitrogens with two attached hydrogens (primary N) is 1. The van der Waals surface area contributed by atoms with Crippen LogP contribution in [0, 0.1) is 0 Å². The van der Waals surface area contributed by atoms with Gasteiger partial charge in [0.05, 0.1) is 11.9 Å². The van der Waals surface area contributed by atoms with Crippen molar-refractivity contribution in [3.63, 3.8) is 0 Å². The van der Waals surface area contributed by atoms with E-state index < -0.39 is 0 Å². The van der Waals surface area contributed by atoms with Gasteiger partial charge in [0.2, 0.25) is 5.91 Å². The number of carbonyl (C=O) groups is 1. The van der Waals surface area contributed by atoms with Crippen LogP contribution in [0.25, 0.3) is 11.4 Å². The molecule has 3 aromatic rings. The lowest BCUT2D eigenvalue weighted by atomic mass is 10.2. The third-order valence-electron chi connectivity index (χ3n) is 4.29. The number of anilines is 2. The fraction of sp³-hybridized carbons (Fsp3) is 0.286. The van der Waals surface area contributed by atoms with Crippen LogP contribution in [-0.2, 0) is 11.3 Å². The molecule has 3 rings (SSSR count). The Morgan fingerprint density at radius 3 is 2.45 bits per heavy atom.